The summed E-state index contributed by atoms with van der Waals surface area (Å²) in [4.78, 5) is 9.02. The number of likely N-dealkylation sites (tertiary alicyclic amines) is 1. The molecular weight excluding hydrogens is 162 g/mol. The lowest BCUT2D eigenvalue weighted by Crippen LogP contribution is -2.34. The van der Waals surface area contributed by atoms with Crippen LogP contribution in [0.1, 0.15) is 19.8 Å². The highest BCUT2D eigenvalue weighted by Gasteiger charge is 2.24. The summed E-state index contributed by atoms with van der Waals surface area (Å²) in [6.07, 6.45) is 2.32. The van der Waals surface area contributed by atoms with Crippen molar-refractivity contribution in [2.24, 2.45) is 4.99 Å². The fourth-order valence-corrected chi connectivity index (χ4v) is 1.92. The molecular formula is C10H21N3. The molecule has 0 unspecified atom stereocenters. The van der Waals surface area contributed by atoms with E-state index in [1.54, 1.807) is 0 Å². The number of hydrogen-bond acceptors (Lipinski definition) is 2. The maximum absolute atomic E-state index is 4.31. The third-order valence-corrected chi connectivity index (χ3v) is 2.83. The van der Waals surface area contributed by atoms with E-state index in [0.717, 1.165) is 13.0 Å². The molecule has 0 saturated carbocycles. The topological polar surface area (TPSA) is 18.8 Å². The molecule has 1 atom stereocenters. The molecule has 76 valence electrons. The van der Waals surface area contributed by atoms with Gasteiger partial charge in [-0.1, -0.05) is 6.92 Å². The van der Waals surface area contributed by atoms with Gasteiger partial charge >= 0.3 is 0 Å². The summed E-state index contributed by atoms with van der Waals surface area (Å²) in [6, 6.07) is 0.711. The van der Waals surface area contributed by atoms with E-state index in [2.05, 4.69) is 35.8 Å². The van der Waals surface area contributed by atoms with Crippen molar-refractivity contribution in [3.05, 3.63) is 0 Å². The smallest absolute Gasteiger partial charge is 0.0983 e. The molecule has 1 fully saturated rings. The van der Waals surface area contributed by atoms with Crippen molar-refractivity contribution >= 4 is 5.84 Å². The fraction of sp³-hybridized carbons (Fsp3) is 0.900. The van der Waals surface area contributed by atoms with Crippen LogP contribution in [0.4, 0.5) is 0 Å². The predicted octanol–water partition coefficient (Wildman–Crippen LogP) is 1.06. The highest BCUT2D eigenvalue weighted by molar-refractivity contribution is 5.82. The van der Waals surface area contributed by atoms with Gasteiger partial charge in [-0.2, -0.15) is 0 Å². The SMILES string of the molecule is CC/C(=N\C)N1CC[C@@H](N(C)C)C1. The number of likely N-dealkylation sites (N-methyl/N-ethyl adjacent to an activating group) is 1. The summed E-state index contributed by atoms with van der Waals surface area (Å²) < 4.78 is 0. The number of aliphatic imine (C=N–C) groups is 1. The van der Waals surface area contributed by atoms with Crippen molar-refractivity contribution in [2.45, 2.75) is 25.8 Å². The van der Waals surface area contributed by atoms with E-state index in [0.29, 0.717) is 6.04 Å². The Morgan fingerprint density at radius 2 is 2.23 bits per heavy atom. The standard InChI is InChI=1S/C10H21N3/c1-5-10(11-2)13-7-6-9(8-13)12(3)4/h9H,5-8H2,1-4H3/b11-10+/t9-/m1/s1. The summed E-state index contributed by atoms with van der Waals surface area (Å²) in [7, 11) is 6.20. The van der Waals surface area contributed by atoms with Crippen LogP contribution in [-0.4, -0.2) is 55.9 Å². The summed E-state index contributed by atoms with van der Waals surface area (Å²) >= 11 is 0. The molecule has 0 N–H and O–H groups in total. The Kier molecular flexibility index (Phi) is 3.72. The van der Waals surface area contributed by atoms with Crippen molar-refractivity contribution in [1.82, 2.24) is 9.80 Å². The van der Waals surface area contributed by atoms with Crippen molar-refractivity contribution in [2.75, 3.05) is 34.2 Å². The average molecular weight is 183 g/mol. The van der Waals surface area contributed by atoms with E-state index < -0.39 is 0 Å². The summed E-state index contributed by atoms with van der Waals surface area (Å²) in [5.74, 6) is 1.25. The summed E-state index contributed by atoms with van der Waals surface area (Å²) in [5.41, 5.74) is 0. The van der Waals surface area contributed by atoms with E-state index in [9.17, 15) is 0 Å². The van der Waals surface area contributed by atoms with Crippen LogP contribution in [-0.2, 0) is 0 Å². The van der Waals surface area contributed by atoms with Crippen molar-refractivity contribution in [3.63, 3.8) is 0 Å². The van der Waals surface area contributed by atoms with Crippen LogP contribution < -0.4 is 0 Å². The minimum Gasteiger partial charge on any atom is -0.359 e. The minimum absolute atomic E-state index is 0.711. The molecule has 1 aliphatic rings. The van der Waals surface area contributed by atoms with Gasteiger partial charge in [-0.25, -0.2) is 0 Å². The van der Waals surface area contributed by atoms with Gasteiger partial charge in [-0.15, -0.1) is 0 Å². The Bertz CT molecular complexity index is 187. The van der Waals surface area contributed by atoms with Crippen LogP contribution in [0.2, 0.25) is 0 Å². The Labute approximate surface area is 81.4 Å². The first kappa shape index (κ1) is 10.5. The molecule has 0 aromatic heterocycles. The van der Waals surface area contributed by atoms with Crippen LogP contribution in [0.15, 0.2) is 4.99 Å². The Morgan fingerprint density at radius 1 is 1.54 bits per heavy atom. The quantitative estimate of drug-likeness (QED) is 0.471. The van der Waals surface area contributed by atoms with Crippen molar-refractivity contribution in [3.8, 4) is 0 Å². The molecule has 0 aromatic carbocycles. The highest BCUT2D eigenvalue weighted by atomic mass is 15.3. The van der Waals surface area contributed by atoms with Gasteiger partial charge in [0, 0.05) is 32.6 Å². The normalized spacial score (nSPS) is 24.5. The van der Waals surface area contributed by atoms with Gasteiger partial charge in [0.05, 0.1) is 5.84 Å². The maximum Gasteiger partial charge on any atom is 0.0983 e. The van der Waals surface area contributed by atoms with Crippen LogP contribution in [0, 0.1) is 0 Å². The second-order valence-corrected chi connectivity index (χ2v) is 3.85. The van der Waals surface area contributed by atoms with E-state index >= 15 is 0 Å². The zero-order valence-corrected chi connectivity index (χ0v) is 9.25. The van der Waals surface area contributed by atoms with E-state index in [-0.39, 0.29) is 0 Å². The highest BCUT2D eigenvalue weighted by Crippen LogP contribution is 2.14. The summed E-state index contributed by atoms with van der Waals surface area (Å²) in [5, 5.41) is 0. The van der Waals surface area contributed by atoms with Gasteiger partial charge in [0.25, 0.3) is 0 Å². The third kappa shape index (κ3) is 2.44. The largest absolute Gasteiger partial charge is 0.359 e. The second kappa shape index (κ2) is 4.61. The van der Waals surface area contributed by atoms with Gasteiger partial charge in [-0.3, -0.25) is 4.99 Å². The zero-order chi connectivity index (χ0) is 9.84. The van der Waals surface area contributed by atoms with Gasteiger partial charge < -0.3 is 9.80 Å². The molecule has 3 nitrogen and oxygen atoms in total. The van der Waals surface area contributed by atoms with Gasteiger partial charge in [0.15, 0.2) is 0 Å². The first-order chi connectivity index (χ1) is 6.19. The molecule has 0 spiro atoms. The molecule has 0 bridgehead atoms. The molecule has 1 heterocycles. The van der Waals surface area contributed by atoms with Crippen LogP contribution in [0.25, 0.3) is 0 Å². The molecule has 1 rings (SSSR count). The lowest BCUT2D eigenvalue weighted by atomic mass is 10.2. The average Bonchev–Trinajstić information content (AvgIpc) is 2.56. The third-order valence-electron chi connectivity index (χ3n) is 2.83. The van der Waals surface area contributed by atoms with E-state index in [1.165, 1.54) is 18.8 Å². The number of hydrogen-bond donors (Lipinski definition) is 0. The number of nitrogens with zero attached hydrogens (tertiary/aromatic N) is 3. The zero-order valence-electron chi connectivity index (χ0n) is 9.25. The number of rotatable bonds is 2. The molecule has 1 saturated heterocycles. The van der Waals surface area contributed by atoms with Crippen molar-refractivity contribution in [1.29, 1.82) is 0 Å². The van der Waals surface area contributed by atoms with Gasteiger partial charge in [0.1, 0.15) is 0 Å². The van der Waals surface area contributed by atoms with Crippen LogP contribution in [0.5, 0.6) is 0 Å². The monoisotopic (exact) mass is 183 g/mol. The molecule has 0 aromatic rings. The Balaban J connectivity index is 2.49. The van der Waals surface area contributed by atoms with Gasteiger partial charge in [0.2, 0.25) is 0 Å². The lowest BCUT2D eigenvalue weighted by molar-refractivity contribution is 0.300. The fourth-order valence-electron chi connectivity index (χ4n) is 1.92. The first-order valence-electron chi connectivity index (χ1n) is 5.06. The Morgan fingerprint density at radius 3 is 2.62 bits per heavy atom. The molecule has 0 amide bonds. The van der Waals surface area contributed by atoms with Crippen molar-refractivity contribution < 1.29 is 0 Å². The summed E-state index contributed by atoms with van der Waals surface area (Å²) in [6.45, 7) is 4.49. The predicted molar refractivity (Wildman–Crippen MR) is 57.3 cm³/mol. The lowest BCUT2D eigenvalue weighted by Gasteiger charge is -2.22. The number of amidine groups is 1. The van der Waals surface area contributed by atoms with Gasteiger partial charge in [-0.05, 0) is 20.5 Å². The molecule has 13 heavy (non-hydrogen) atoms. The van der Waals surface area contributed by atoms with Crippen LogP contribution in [0.3, 0.4) is 0 Å². The maximum atomic E-state index is 4.31. The first-order valence-corrected chi connectivity index (χ1v) is 5.06. The molecule has 0 aliphatic carbocycles. The van der Waals surface area contributed by atoms with E-state index in [4.69, 9.17) is 0 Å². The molecule has 3 heteroatoms. The van der Waals surface area contributed by atoms with Crippen LogP contribution >= 0.6 is 0 Å². The Hall–Kier alpha value is -0.570. The molecule has 1 aliphatic heterocycles. The minimum atomic E-state index is 0.711. The van der Waals surface area contributed by atoms with E-state index in [1.807, 2.05) is 7.05 Å². The molecule has 0 radical (unpaired) electrons. The second-order valence-electron chi connectivity index (χ2n) is 3.85.